The highest BCUT2D eigenvalue weighted by molar-refractivity contribution is 6.16. The predicted octanol–water partition coefficient (Wildman–Crippen LogP) is 4.48. The molecule has 1 aliphatic rings. The summed E-state index contributed by atoms with van der Waals surface area (Å²) in [6, 6.07) is 11.3. The van der Waals surface area contributed by atoms with Crippen LogP contribution in [0.2, 0.25) is 0 Å². The van der Waals surface area contributed by atoms with E-state index in [2.05, 4.69) is 9.98 Å². The molecule has 0 N–H and O–H groups in total. The van der Waals surface area contributed by atoms with Crippen LogP contribution in [0.25, 0.3) is 10.9 Å². The monoisotopic (exact) mass is 324 g/mol. The van der Waals surface area contributed by atoms with Gasteiger partial charge in [-0.05, 0) is 38.1 Å². The molecule has 4 rings (SSSR count). The van der Waals surface area contributed by atoms with E-state index in [1.54, 1.807) is 50.4 Å². The maximum Gasteiger partial charge on any atom is 0.195 e. The highest BCUT2D eigenvalue weighted by atomic mass is 19.1. The van der Waals surface area contributed by atoms with Crippen LogP contribution < -0.4 is 4.74 Å². The highest BCUT2D eigenvalue weighted by Gasteiger charge is 2.30. The van der Waals surface area contributed by atoms with Crippen LogP contribution in [0.15, 0.2) is 53.7 Å². The zero-order chi connectivity index (χ0) is 16.9. The molecule has 24 heavy (non-hydrogen) atoms. The molecule has 0 saturated carbocycles. The second-order valence-corrected chi connectivity index (χ2v) is 6.16. The van der Waals surface area contributed by atoms with Gasteiger partial charge in [-0.2, -0.15) is 0 Å². The molecule has 0 bridgehead atoms. The third kappa shape index (κ3) is 2.33. The maximum absolute atomic E-state index is 14.2. The third-order valence-electron chi connectivity index (χ3n) is 3.89. The SMILES string of the molecule is CC1(C)N=C(c2cnc3c(F)cccc3c2)c2cccc(F)c2O1. The third-order valence-corrected chi connectivity index (χ3v) is 3.89. The summed E-state index contributed by atoms with van der Waals surface area (Å²) in [5.41, 5.74) is 1.23. The molecule has 120 valence electrons. The number of benzene rings is 2. The van der Waals surface area contributed by atoms with Gasteiger partial charge in [-0.1, -0.05) is 18.2 Å². The molecule has 0 fully saturated rings. The molecule has 0 unspecified atom stereocenters. The summed E-state index contributed by atoms with van der Waals surface area (Å²) >= 11 is 0. The first-order chi connectivity index (χ1) is 11.4. The average molecular weight is 324 g/mol. The van der Waals surface area contributed by atoms with Crippen LogP contribution >= 0.6 is 0 Å². The first-order valence-corrected chi connectivity index (χ1v) is 7.57. The van der Waals surface area contributed by atoms with Crippen LogP contribution in [0.5, 0.6) is 5.75 Å². The molecule has 0 atom stereocenters. The van der Waals surface area contributed by atoms with Crippen LogP contribution in [0.3, 0.4) is 0 Å². The van der Waals surface area contributed by atoms with Crippen LogP contribution in [0.1, 0.15) is 25.0 Å². The molecule has 0 radical (unpaired) electrons. The molecule has 1 aliphatic heterocycles. The lowest BCUT2D eigenvalue weighted by molar-refractivity contribution is 0.109. The van der Waals surface area contributed by atoms with Crippen molar-refractivity contribution in [2.45, 2.75) is 19.6 Å². The van der Waals surface area contributed by atoms with Crippen molar-refractivity contribution in [3.63, 3.8) is 0 Å². The zero-order valence-electron chi connectivity index (χ0n) is 13.2. The fourth-order valence-corrected chi connectivity index (χ4v) is 2.87. The lowest BCUT2D eigenvalue weighted by Crippen LogP contribution is -2.33. The van der Waals surface area contributed by atoms with Gasteiger partial charge in [0.1, 0.15) is 11.3 Å². The van der Waals surface area contributed by atoms with Crippen molar-refractivity contribution in [2.24, 2.45) is 4.99 Å². The number of aliphatic imine (C=N–C) groups is 1. The fraction of sp³-hybridized carbons (Fsp3) is 0.158. The van der Waals surface area contributed by atoms with E-state index in [-0.39, 0.29) is 11.6 Å². The summed E-state index contributed by atoms with van der Waals surface area (Å²) in [4.78, 5) is 8.80. The number of rotatable bonds is 1. The first-order valence-electron chi connectivity index (χ1n) is 7.57. The molecule has 2 aromatic carbocycles. The number of hydrogen-bond acceptors (Lipinski definition) is 3. The summed E-state index contributed by atoms with van der Waals surface area (Å²) in [7, 11) is 0. The van der Waals surface area contributed by atoms with Crippen LogP contribution in [0, 0.1) is 11.6 Å². The highest BCUT2D eigenvalue weighted by Crippen LogP contribution is 2.34. The lowest BCUT2D eigenvalue weighted by Gasteiger charge is -2.30. The molecule has 3 aromatic rings. The number of para-hydroxylation sites is 2. The van der Waals surface area contributed by atoms with E-state index in [0.717, 1.165) is 0 Å². The number of aromatic nitrogens is 1. The van der Waals surface area contributed by atoms with Crippen molar-refractivity contribution < 1.29 is 13.5 Å². The number of hydrogen-bond donors (Lipinski definition) is 0. The molecule has 1 aromatic heterocycles. The summed E-state index contributed by atoms with van der Waals surface area (Å²) in [5, 5.41) is 0.664. The van der Waals surface area contributed by atoms with E-state index >= 15 is 0 Å². The Kier molecular flexibility index (Phi) is 3.13. The van der Waals surface area contributed by atoms with Gasteiger partial charge >= 0.3 is 0 Å². The van der Waals surface area contributed by atoms with Crippen molar-refractivity contribution >= 4 is 16.6 Å². The van der Waals surface area contributed by atoms with Gasteiger partial charge in [0, 0.05) is 22.7 Å². The second kappa shape index (κ2) is 5.09. The Labute approximate surface area is 137 Å². The minimum Gasteiger partial charge on any atom is -0.463 e. The van der Waals surface area contributed by atoms with E-state index in [0.29, 0.717) is 27.7 Å². The van der Waals surface area contributed by atoms with Crippen molar-refractivity contribution in [3.8, 4) is 5.75 Å². The Balaban J connectivity index is 1.95. The molecule has 0 amide bonds. The standard InChI is InChI=1S/C19H14F2N2O/c1-19(2)23-16(13-6-4-8-15(21)18(13)24-19)12-9-11-5-3-7-14(20)17(11)22-10-12/h3-10H,1-2H3. The van der Waals surface area contributed by atoms with Gasteiger partial charge in [-0.25, -0.2) is 13.8 Å². The second-order valence-electron chi connectivity index (χ2n) is 6.16. The van der Waals surface area contributed by atoms with Gasteiger partial charge in [0.25, 0.3) is 0 Å². The predicted molar refractivity (Wildman–Crippen MR) is 88.4 cm³/mol. The van der Waals surface area contributed by atoms with E-state index in [1.807, 2.05) is 0 Å². The largest absolute Gasteiger partial charge is 0.463 e. The van der Waals surface area contributed by atoms with E-state index in [1.165, 1.54) is 12.1 Å². The van der Waals surface area contributed by atoms with Crippen molar-refractivity contribution in [2.75, 3.05) is 0 Å². The molecule has 3 nitrogen and oxygen atoms in total. The minimum atomic E-state index is -0.901. The first kappa shape index (κ1) is 14.8. The van der Waals surface area contributed by atoms with Gasteiger partial charge in [0.2, 0.25) is 0 Å². The molecule has 0 spiro atoms. The average Bonchev–Trinajstić information content (AvgIpc) is 2.54. The maximum atomic E-state index is 14.2. The summed E-state index contributed by atoms with van der Waals surface area (Å²) in [5.74, 6) is -0.639. The van der Waals surface area contributed by atoms with Gasteiger partial charge in [-0.15, -0.1) is 0 Å². The van der Waals surface area contributed by atoms with Gasteiger partial charge in [0.15, 0.2) is 17.3 Å². The van der Waals surface area contributed by atoms with Gasteiger partial charge in [0.05, 0.1) is 5.71 Å². The van der Waals surface area contributed by atoms with Gasteiger partial charge in [-0.3, -0.25) is 4.98 Å². The number of ether oxygens (including phenoxy) is 1. The summed E-state index contributed by atoms with van der Waals surface area (Å²) in [6.07, 6.45) is 1.56. The Hall–Kier alpha value is -2.82. The number of fused-ring (bicyclic) bond motifs is 2. The summed E-state index contributed by atoms with van der Waals surface area (Å²) < 4.78 is 33.6. The molecule has 5 heteroatoms. The van der Waals surface area contributed by atoms with Crippen molar-refractivity contribution in [1.82, 2.24) is 4.98 Å². The topological polar surface area (TPSA) is 34.5 Å². The van der Waals surface area contributed by atoms with E-state index in [4.69, 9.17) is 4.74 Å². The van der Waals surface area contributed by atoms with Crippen molar-refractivity contribution in [3.05, 3.63) is 71.4 Å². The summed E-state index contributed by atoms with van der Waals surface area (Å²) in [6.45, 7) is 3.52. The quantitative estimate of drug-likeness (QED) is 0.661. The minimum absolute atomic E-state index is 0.173. The fourth-order valence-electron chi connectivity index (χ4n) is 2.87. The Morgan fingerprint density at radius 2 is 1.75 bits per heavy atom. The van der Waals surface area contributed by atoms with Crippen LogP contribution in [-0.2, 0) is 0 Å². The van der Waals surface area contributed by atoms with Crippen LogP contribution in [0.4, 0.5) is 8.78 Å². The molecular weight excluding hydrogens is 310 g/mol. The number of pyridine rings is 1. The van der Waals surface area contributed by atoms with Gasteiger partial charge < -0.3 is 4.74 Å². The molecular formula is C19H14F2N2O. The molecule has 2 heterocycles. The Bertz CT molecular complexity index is 996. The van der Waals surface area contributed by atoms with E-state index < -0.39 is 11.5 Å². The molecule has 0 aliphatic carbocycles. The van der Waals surface area contributed by atoms with Crippen LogP contribution in [-0.4, -0.2) is 16.4 Å². The molecule has 0 saturated heterocycles. The Morgan fingerprint density at radius 3 is 2.58 bits per heavy atom. The number of nitrogens with zero attached hydrogens (tertiary/aromatic N) is 2. The normalized spacial score (nSPS) is 15.6. The smallest absolute Gasteiger partial charge is 0.195 e. The number of halogens is 2. The Morgan fingerprint density at radius 1 is 1.00 bits per heavy atom. The van der Waals surface area contributed by atoms with Crippen molar-refractivity contribution in [1.29, 1.82) is 0 Å². The van der Waals surface area contributed by atoms with E-state index in [9.17, 15) is 8.78 Å². The lowest BCUT2D eigenvalue weighted by atomic mass is 9.99. The zero-order valence-corrected chi connectivity index (χ0v) is 13.2.